The van der Waals surface area contributed by atoms with Crippen LogP contribution in [0.15, 0.2) is 58.7 Å². The fraction of sp³-hybridized carbons (Fsp3) is 0.542. The molecular weight excluding hydrogens is 320 g/mol. The standard InChI is InChI=1S/C24H36O2/c1-8-21(5)26-23(25)17-19(3)12-9-11-18(2)14-15-22-20(4)13-10-16-24(22,6)7/h9,11-12,14-15,17,21H,8,10,13,16H2,1-7H3. The van der Waals surface area contributed by atoms with Gasteiger partial charge in [0.2, 0.25) is 0 Å². The quantitative estimate of drug-likeness (QED) is 0.283. The normalized spacial score (nSPS) is 20.1. The molecule has 0 N–H and O–H groups in total. The van der Waals surface area contributed by atoms with Crippen molar-refractivity contribution < 1.29 is 9.53 Å². The van der Waals surface area contributed by atoms with E-state index in [-0.39, 0.29) is 17.5 Å². The van der Waals surface area contributed by atoms with Crippen molar-refractivity contribution in [3.05, 3.63) is 58.7 Å². The number of hydrogen-bond donors (Lipinski definition) is 0. The zero-order valence-corrected chi connectivity index (χ0v) is 17.7. The summed E-state index contributed by atoms with van der Waals surface area (Å²) in [4.78, 5) is 11.7. The molecule has 0 aromatic carbocycles. The highest BCUT2D eigenvalue weighted by atomic mass is 16.5. The smallest absolute Gasteiger partial charge is 0.331 e. The van der Waals surface area contributed by atoms with Gasteiger partial charge in [0, 0.05) is 6.08 Å². The predicted octanol–water partition coefficient (Wildman–Crippen LogP) is 6.86. The Balaban J connectivity index is 2.70. The van der Waals surface area contributed by atoms with E-state index in [9.17, 15) is 4.79 Å². The minimum atomic E-state index is -0.274. The lowest BCUT2D eigenvalue weighted by atomic mass is 9.72. The van der Waals surface area contributed by atoms with Crippen molar-refractivity contribution in [1.29, 1.82) is 0 Å². The first-order chi connectivity index (χ1) is 12.2. The lowest BCUT2D eigenvalue weighted by Crippen LogP contribution is -2.19. The van der Waals surface area contributed by atoms with E-state index in [2.05, 4.69) is 45.9 Å². The van der Waals surface area contributed by atoms with Crippen molar-refractivity contribution in [2.45, 2.75) is 80.3 Å². The molecule has 144 valence electrons. The molecule has 2 nitrogen and oxygen atoms in total. The molecule has 1 atom stereocenters. The van der Waals surface area contributed by atoms with Crippen molar-refractivity contribution in [2.75, 3.05) is 0 Å². The monoisotopic (exact) mass is 356 g/mol. The van der Waals surface area contributed by atoms with Crippen LogP contribution in [-0.2, 0) is 9.53 Å². The molecule has 1 aliphatic rings. The van der Waals surface area contributed by atoms with Crippen LogP contribution in [0, 0.1) is 5.41 Å². The average Bonchev–Trinajstić information content (AvgIpc) is 2.53. The third kappa shape index (κ3) is 7.59. The summed E-state index contributed by atoms with van der Waals surface area (Å²) in [5.41, 5.74) is 5.34. The maximum atomic E-state index is 11.7. The molecular formula is C24H36O2. The van der Waals surface area contributed by atoms with Gasteiger partial charge in [-0.15, -0.1) is 0 Å². The van der Waals surface area contributed by atoms with Crippen LogP contribution in [0.4, 0.5) is 0 Å². The molecule has 0 heterocycles. The molecule has 0 aromatic heterocycles. The van der Waals surface area contributed by atoms with Crippen molar-refractivity contribution in [3.63, 3.8) is 0 Å². The molecule has 1 rings (SSSR count). The Morgan fingerprint density at radius 2 is 1.92 bits per heavy atom. The summed E-state index contributed by atoms with van der Waals surface area (Å²) in [7, 11) is 0. The molecule has 0 aliphatic heterocycles. The van der Waals surface area contributed by atoms with Crippen LogP contribution in [0.1, 0.15) is 74.1 Å². The topological polar surface area (TPSA) is 26.3 Å². The third-order valence-electron chi connectivity index (χ3n) is 5.01. The predicted molar refractivity (Wildman–Crippen MR) is 112 cm³/mol. The average molecular weight is 357 g/mol. The summed E-state index contributed by atoms with van der Waals surface area (Å²) in [6.07, 6.45) is 16.5. The van der Waals surface area contributed by atoms with Gasteiger partial charge in [0.15, 0.2) is 0 Å². The number of allylic oxidation sites excluding steroid dienone is 9. The van der Waals surface area contributed by atoms with E-state index in [0.717, 1.165) is 12.0 Å². The van der Waals surface area contributed by atoms with Gasteiger partial charge in [0.1, 0.15) is 0 Å². The lowest BCUT2D eigenvalue weighted by molar-refractivity contribution is -0.142. The molecule has 0 spiro atoms. The van der Waals surface area contributed by atoms with Crippen LogP contribution in [-0.4, -0.2) is 12.1 Å². The van der Waals surface area contributed by atoms with Gasteiger partial charge in [-0.25, -0.2) is 4.79 Å². The van der Waals surface area contributed by atoms with Crippen LogP contribution in [0.25, 0.3) is 0 Å². The molecule has 0 fully saturated rings. The van der Waals surface area contributed by atoms with Gasteiger partial charge < -0.3 is 4.74 Å². The number of carbonyl (C=O) groups excluding carboxylic acids is 1. The highest BCUT2D eigenvalue weighted by Crippen LogP contribution is 2.40. The van der Waals surface area contributed by atoms with Crippen LogP contribution in [0.5, 0.6) is 0 Å². The molecule has 0 amide bonds. The highest BCUT2D eigenvalue weighted by molar-refractivity contribution is 5.83. The van der Waals surface area contributed by atoms with E-state index in [0.29, 0.717) is 0 Å². The second-order valence-corrected chi connectivity index (χ2v) is 8.08. The summed E-state index contributed by atoms with van der Waals surface area (Å²) in [5.74, 6) is -0.274. The van der Waals surface area contributed by atoms with Crippen molar-refractivity contribution in [2.24, 2.45) is 5.41 Å². The highest BCUT2D eigenvalue weighted by Gasteiger charge is 2.26. The minimum absolute atomic E-state index is 0.0374. The SMILES string of the molecule is CCC(C)OC(=O)C=C(C)C=CC=C(C)C=CC1=C(C)CCCC1(C)C. The number of esters is 1. The molecule has 0 saturated carbocycles. The third-order valence-corrected chi connectivity index (χ3v) is 5.01. The summed E-state index contributed by atoms with van der Waals surface area (Å²) in [5, 5.41) is 0. The molecule has 1 aliphatic carbocycles. The first kappa shape index (κ1) is 22.2. The van der Waals surface area contributed by atoms with Crippen molar-refractivity contribution >= 4 is 5.97 Å². The van der Waals surface area contributed by atoms with Gasteiger partial charge in [-0.1, -0.05) is 62.3 Å². The Morgan fingerprint density at radius 3 is 2.54 bits per heavy atom. The van der Waals surface area contributed by atoms with Gasteiger partial charge in [-0.3, -0.25) is 0 Å². The second-order valence-electron chi connectivity index (χ2n) is 8.08. The second kappa shape index (κ2) is 10.4. The van der Waals surface area contributed by atoms with Crippen LogP contribution >= 0.6 is 0 Å². The molecule has 0 saturated heterocycles. The van der Waals surface area contributed by atoms with Crippen LogP contribution in [0.2, 0.25) is 0 Å². The Hall–Kier alpha value is -1.83. The van der Waals surface area contributed by atoms with E-state index in [4.69, 9.17) is 4.74 Å². The van der Waals surface area contributed by atoms with E-state index in [1.807, 2.05) is 32.9 Å². The van der Waals surface area contributed by atoms with Gasteiger partial charge in [-0.2, -0.15) is 0 Å². The minimum Gasteiger partial charge on any atom is -0.460 e. The Bertz CT molecular complexity index is 639. The Kier molecular flexibility index (Phi) is 8.84. The van der Waals surface area contributed by atoms with E-state index in [1.165, 1.54) is 36.0 Å². The number of carbonyl (C=O) groups is 1. The molecule has 0 bridgehead atoms. The van der Waals surface area contributed by atoms with Crippen LogP contribution < -0.4 is 0 Å². The molecule has 1 unspecified atom stereocenters. The number of rotatable bonds is 7. The van der Waals surface area contributed by atoms with Crippen LogP contribution in [0.3, 0.4) is 0 Å². The van der Waals surface area contributed by atoms with Crippen molar-refractivity contribution in [3.8, 4) is 0 Å². The van der Waals surface area contributed by atoms with Gasteiger partial charge in [0.05, 0.1) is 6.10 Å². The zero-order valence-electron chi connectivity index (χ0n) is 17.7. The van der Waals surface area contributed by atoms with Gasteiger partial charge in [0.25, 0.3) is 0 Å². The summed E-state index contributed by atoms with van der Waals surface area (Å²) < 4.78 is 5.25. The Labute approximate surface area is 160 Å². The van der Waals surface area contributed by atoms with Gasteiger partial charge in [-0.05, 0) is 69.9 Å². The van der Waals surface area contributed by atoms with E-state index >= 15 is 0 Å². The zero-order chi connectivity index (χ0) is 19.7. The molecule has 0 radical (unpaired) electrons. The maximum Gasteiger partial charge on any atom is 0.331 e. The largest absolute Gasteiger partial charge is 0.460 e. The fourth-order valence-electron chi connectivity index (χ4n) is 3.18. The van der Waals surface area contributed by atoms with Crippen molar-refractivity contribution in [1.82, 2.24) is 0 Å². The summed E-state index contributed by atoms with van der Waals surface area (Å²) >= 11 is 0. The van der Waals surface area contributed by atoms with Gasteiger partial charge >= 0.3 is 5.97 Å². The molecule has 26 heavy (non-hydrogen) atoms. The maximum absolute atomic E-state index is 11.7. The van der Waals surface area contributed by atoms with E-state index < -0.39 is 0 Å². The summed E-state index contributed by atoms with van der Waals surface area (Å²) in [6, 6.07) is 0. The Morgan fingerprint density at radius 1 is 1.23 bits per heavy atom. The first-order valence-electron chi connectivity index (χ1n) is 9.78. The summed E-state index contributed by atoms with van der Waals surface area (Å²) in [6.45, 7) is 14.8. The first-order valence-corrected chi connectivity index (χ1v) is 9.78. The van der Waals surface area contributed by atoms with E-state index in [1.54, 1.807) is 6.08 Å². The fourth-order valence-corrected chi connectivity index (χ4v) is 3.18. The lowest BCUT2D eigenvalue weighted by Gasteiger charge is -2.32. The number of hydrogen-bond acceptors (Lipinski definition) is 2. The molecule has 0 aromatic rings. The number of ether oxygens (including phenoxy) is 1. The molecule has 2 heteroatoms.